The second-order valence-corrected chi connectivity index (χ2v) is 3.40. The summed E-state index contributed by atoms with van der Waals surface area (Å²) < 4.78 is 5.10. The Morgan fingerprint density at radius 2 is 2.25 bits per heavy atom. The predicted molar refractivity (Wildman–Crippen MR) is 62.3 cm³/mol. The number of nitrogens with two attached hydrogens (primary N) is 1. The Labute approximate surface area is 93.7 Å². The number of rotatable bonds is 4. The SMILES string of the molecule is COc1ccc([N+](=O)[O-])cc1/C=C/C(C)N. The number of ether oxygens (including phenoxy) is 1. The molecule has 1 atom stereocenters. The van der Waals surface area contributed by atoms with Crippen LogP contribution >= 0.6 is 0 Å². The number of hydrogen-bond acceptors (Lipinski definition) is 4. The molecule has 0 heterocycles. The molecule has 1 aromatic carbocycles. The third-order valence-electron chi connectivity index (χ3n) is 2.00. The second-order valence-electron chi connectivity index (χ2n) is 3.40. The maximum absolute atomic E-state index is 10.6. The van der Waals surface area contributed by atoms with Crippen LogP contribution in [0.2, 0.25) is 0 Å². The lowest BCUT2D eigenvalue weighted by Gasteiger charge is -2.04. The zero-order valence-electron chi connectivity index (χ0n) is 9.21. The van der Waals surface area contributed by atoms with Crippen molar-refractivity contribution in [3.63, 3.8) is 0 Å². The molecule has 0 bridgehead atoms. The average Bonchev–Trinajstić information content (AvgIpc) is 2.25. The molecule has 16 heavy (non-hydrogen) atoms. The highest BCUT2D eigenvalue weighted by Crippen LogP contribution is 2.25. The van der Waals surface area contributed by atoms with Gasteiger partial charge in [-0.25, -0.2) is 0 Å². The van der Waals surface area contributed by atoms with E-state index in [1.165, 1.54) is 19.2 Å². The normalized spacial score (nSPS) is 12.7. The Bertz CT molecular complexity index is 414. The van der Waals surface area contributed by atoms with Crippen molar-refractivity contribution in [3.05, 3.63) is 40.0 Å². The lowest BCUT2D eigenvalue weighted by molar-refractivity contribution is -0.384. The van der Waals surface area contributed by atoms with Crippen LogP contribution in [0.3, 0.4) is 0 Å². The van der Waals surface area contributed by atoms with Gasteiger partial charge in [0.25, 0.3) is 5.69 Å². The highest BCUT2D eigenvalue weighted by Gasteiger charge is 2.09. The van der Waals surface area contributed by atoms with Crippen LogP contribution in [-0.4, -0.2) is 18.1 Å². The number of benzene rings is 1. The van der Waals surface area contributed by atoms with Crippen LogP contribution in [0, 0.1) is 10.1 Å². The first-order valence-electron chi connectivity index (χ1n) is 4.81. The van der Waals surface area contributed by atoms with Crippen LogP contribution in [0.25, 0.3) is 6.08 Å². The molecule has 0 aliphatic rings. The molecule has 5 nitrogen and oxygen atoms in total. The van der Waals surface area contributed by atoms with Gasteiger partial charge in [-0.15, -0.1) is 0 Å². The molecule has 0 aliphatic heterocycles. The van der Waals surface area contributed by atoms with Crippen molar-refractivity contribution in [3.8, 4) is 5.75 Å². The lowest BCUT2D eigenvalue weighted by atomic mass is 10.1. The monoisotopic (exact) mass is 222 g/mol. The molecule has 0 saturated heterocycles. The van der Waals surface area contributed by atoms with Crippen LogP contribution in [0.15, 0.2) is 24.3 Å². The molecule has 1 aromatic rings. The van der Waals surface area contributed by atoms with E-state index in [1.807, 2.05) is 6.92 Å². The first-order valence-corrected chi connectivity index (χ1v) is 4.81. The van der Waals surface area contributed by atoms with Crippen LogP contribution in [0.1, 0.15) is 12.5 Å². The van der Waals surface area contributed by atoms with Crippen molar-refractivity contribution in [2.45, 2.75) is 13.0 Å². The topological polar surface area (TPSA) is 78.4 Å². The van der Waals surface area contributed by atoms with Crippen molar-refractivity contribution in [1.29, 1.82) is 0 Å². The number of nitro groups is 1. The molecule has 0 radical (unpaired) electrons. The zero-order chi connectivity index (χ0) is 12.1. The Hall–Kier alpha value is -1.88. The largest absolute Gasteiger partial charge is 0.496 e. The van der Waals surface area contributed by atoms with Crippen molar-refractivity contribution < 1.29 is 9.66 Å². The van der Waals surface area contributed by atoms with Gasteiger partial charge >= 0.3 is 0 Å². The van der Waals surface area contributed by atoms with E-state index in [9.17, 15) is 10.1 Å². The Morgan fingerprint density at radius 3 is 2.75 bits per heavy atom. The molecule has 5 heteroatoms. The maximum atomic E-state index is 10.6. The van der Waals surface area contributed by atoms with Gasteiger partial charge in [0.15, 0.2) is 0 Å². The summed E-state index contributed by atoms with van der Waals surface area (Å²) in [6.07, 6.45) is 3.47. The van der Waals surface area contributed by atoms with Gasteiger partial charge in [0.05, 0.1) is 12.0 Å². The van der Waals surface area contributed by atoms with Gasteiger partial charge in [-0.1, -0.05) is 12.2 Å². The summed E-state index contributed by atoms with van der Waals surface area (Å²) in [7, 11) is 1.52. The van der Waals surface area contributed by atoms with Gasteiger partial charge < -0.3 is 10.5 Å². The number of methoxy groups -OCH3 is 1. The number of nitro benzene ring substituents is 1. The Morgan fingerprint density at radius 1 is 1.56 bits per heavy atom. The fourth-order valence-corrected chi connectivity index (χ4v) is 1.22. The fourth-order valence-electron chi connectivity index (χ4n) is 1.22. The minimum atomic E-state index is -0.442. The highest BCUT2D eigenvalue weighted by molar-refractivity contribution is 5.61. The zero-order valence-corrected chi connectivity index (χ0v) is 9.21. The van der Waals surface area contributed by atoms with E-state index in [0.29, 0.717) is 11.3 Å². The van der Waals surface area contributed by atoms with E-state index in [4.69, 9.17) is 10.5 Å². The van der Waals surface area contributed by atoms with E-state index in [2.05, 4.69) is 0 Å². The van der Waals surface area contributed by atoms with Gasteiger partial charge in [0, 0.05) is 23.7 Å². The molecule has 1 rings (SSSR count). The van der Waals surface area contributed by atoms with Crippen molar-refractivity contribution in [2.75, 3.05) is 7.11 Å². The third-order valence-corrected chi connectivity index (χ3v) is 2.00. The summed E-state index contributed by atoms with van der Waals surface area (Å²) in [5.41, 5.74) is 6.25. The molecule has 0 aliphatic carbocycles. The summed E-state index contributed by atoms with van der Waals surface area (Å²) >= 11 is 0. The van der Waals surface area contributed by atoms with Crippen LogP contribution in [0.4, 0.5) is 5.69 Å². The Balaban J connectivity index is 3.12. The summed E-state index contributed by atoms with van der Waals surface area (Å²) in [6.45, 7) is 1.82. The molecule has 1 unspecified atom stereocenters. The molecule has 0 amide bonds. The minimum absolute atomic E-state index is 0.0325. The predicted octanol–water partition coefficient (Wildman–Crippen LogP) is 1.96. The number of non-ortho nitro benzene ring substituents is 1. The van der Waals surface area contributed by atoms with Crippen molar-refractivity contribution in [2.24, 2.45) is 5.73 Å². The molecule has 86 valence electrons. The van der Waals surface area contributed by atoms with Crippen LogP contribution in [0.5, 0.6) is 5.75 Å². The standard InChI is InChI=1S/C11H14N2O3/c1-8(12)3-4-9-7-10(13(14)15)5-6-11(9)16-2/h3-8H,12H2,1-2H3/b4-3+. The molecule has 0 aromatic heterocycles. The van der Waals surface area contributed by atoms with Crippen molar-refractivity contribution >= 4 is 11.8 Å². The summed E-state index contributed by atoms with van der Waals surface area (Å²) in [6, 6.07) is 4.32. The summed E-state index contributed by atoms with van der Waals surface area (Å²) in [4.78, 5) is 10.2. The van der Waals surface area contributed by atoms with E-state index < -0.39 is 4.92 Å². The third kappa shape index (κ3) is 3.06. The second kappa shape index (κ2) is 5.27. The summed E-state index contributed by atoms with van der Waals surface area (Å²) in [5, 5.41) is 10.6. The van der Waals surface area contributed by atoms with E-state index in [-0.39, 0.29) is 11.7 Å². The summed E-state index contributed by atoms with van der Waals surface area (Å²) in [5.74, 6) is 0.586. The smallest absolute Gasteiger partial charge is 0.270 e. The number of nitrogens with zero attached hydrogens (tertiary/aromatic N) is 1. The average molecular weight is 222 g/mol. The minimum Gasteiger partial charge on any atom is -0.496 e. The first kappa shape index (κ1) is 12.2. The molecular weight excluding hydrogens is 208 g/mol. The first-order chi connectivity index (χ1) is 7.54. The number of hydrogen-bond donors (Lipinski definition) is 1. The fraction of sp³-hybridized carbons (Fsp3) is 0.273. The van der Waals surface area contributed by atoms with Crippen LogP contribution in [-0.2, 0) is 0 Å². The van der Waals surface area contributed by atoms with Gasteiger partial charge in [0.1, 0.15) is 5.75 Å². The molecule has 2 N–H and O–H groups in total. The molecule has 0 fully saturated rings. The molecule has 0 spiro atoms. The van der Waals surface area contributed by atoms with E-state index in [1.54, 1.807) is 18.2 Å². The lowest BCUT2D eigenvalue weighted by Crippen LogP contribution is -2.09. The quantitative estimate of drug-likeness (QED) is 0.624. The van der Waals surface area contributed by atoms with Gasteiger partial charge in [-0.2, -0.15) is 0 Å². The molecular formula is C11H14N2O3. The van der Waals surface area contributed by atoms with Gasteiger partial charge in [-0.3, -0.25) is 10.1 Å². The van der Waals surface area contributed by atoms with Gasteiger partial charge in [0.2, 0.25) is 0 Å². The van der Waals surface area contributed by atoms with Gasteiger partial charge in [-0.05, 0) is 13.0 Å². The van der Waals surface area contributed by atoms with Crippen molar-refractivity contribution in [1.82, 2.24) is 0 Å². The van der Waals surface area contributed by atoms with E-state index >= 15 is 0 Å². The van der Waals surface area contributed by atoms with E-state index in [0.717, 1.165) is 0 Å². The highest BCUT2D eigenvalue weighted by atomic mass is 16.6. The van der Waals surface area contributed by atoms with Crippen LogP contribution < -0.4 is 10.5 Å². The molecule has 0 saturated carbocycles. The maximum Gasteiger partial charge on any atom is 0.270 e. The Kier molecular flexibility index (Phi) is 4.02.